The number of hydrogen-bond acceptors (Lipinski definition) is 5. The van der Waals surface area contributed by atoms with Crippen LogP contribution in [-0.2, 0) is 4.79 Å². The van der Waals surface area contributed by atoms with Crippen LogP contribution in [0.2, 0.25) is 0 Å². The molecule has 6 heteroatoms. The fourth-order valence-electron chi connectivity index (χ4n) is 1.17. The molecular formula is C9H10N4OS. The second kappa shape index (κ2) is 4.31. The zero-order valence-electron chi connectivity index (χ0n) is 8.10. The molecule has 1 aromatic rings. The lowest BCUT2D eigenvalue weighted by atomic mass is 10.3. The molecule has 1 unspecified atom stereocenters. The number of aromatic nitrogens is 1. The lowest BCUT2D eigenvalue weighted by Crippen LogP contribution is -2.24. The molecule has 1 aromatic heterocycles. The van der Waals surface area contributed by atoms with Crippen molar-refractivity contribution in [2.75, 3.05) is 0 Å². The van der Waals surface area contributed by atoms with E-state index in [0.29, 0.717) is 5.17 Å². The Balaban J connectivity index is 1.99. The second-order valence-electron chi connectivity index (χ2n) is 3.01. The Kier molecular flexibility index (Phi) is 2.86. The number of amides is 1. The number of thioether (sulfide) groups is 1. The number of carbonyl (C=O) groups excluding carboxylic acids is 1. The first-order chi connectivity index (χ1) is 7.25. The first kappa shape index (κ1) is 9.97. The van der Waals surface area contributed by atoms with Gasteiger partial charge in [-0.15, -0.1) is 0 Å². The molecule has 0 spiro atoms. The van der Waals surface area contributed by atoms with E-state index in [-0.39, 0.29) is 11.3 Å². The zero-order valence-corrected chi connectivity index (χ0v) is 8.91. The summed E-state index contributed by atoms with van der Waals surface area (Å²) in [4.78, 5) is 14.7. The van der Waals surface area contributed by atoms with Gasteiger partial charge in [-0.1, -0.05) is 11.8 Å². The molecule has 1 atom stereocenters. The maximum atomic E-state index is 10.8. The van der Waals surface area contributed by atoms with Gasteiger partial charge in [0.1, 0.15) is 5.37 Å². The topological polar surface area (TPSA) is 66.4 Å². The molecule has 0 aromatic carbocycles. The van der Waals surface area contributed by atoms with Crippen LogP contribution in [-0.4, -0.2) is 16.1 Å². The largest absolute Gasteiger partial charge is 0.304 e. The molecule has 1 aliphatic rings. The molecule has 0 aliphatic carbocycles. The predicted octanol–water partition coefficient (Wildman–Crippen LogP) is 0.824. The Hall–Kier alpha value is -1.56. The lowest BCUT2D eigenvalue weighted by molar-refractivity contribution is -0.117. The SMILES string of the molecule is CC(=O)NC1=NNC(c2ccncc2)S1. The van der Waals surface area contributed by atoms with Gasteiger partial charge in [-0.3, -0.25) is 15.2 Å². The third kappa shape index (κ3) is 2.47. The van der Waals surface area contributed by atoms with Crippen molar-refractivity contribution >= 4 is 22.8 Å². The normalized spacial score (nSPS) is 19.3. The Bertz CT molecular complexity index is 392. The van der Waals surface area contributed by atoms with Gasteiger partial charge in [-0.2, -0.15) is 5.10 Å². The molecule has 0 saturated carbocycles. The summed E-state index contributed by atoms with van der Waals surface area (Å²) in [7, 11) is 0. The van der Waals surface area contributed by atoms with Gasteiger partial charge in [-0.05, 0) is 17.7 Å². The van der Waals surface area contributed by atoms with Crippen LogP contribution in [0.25, 0.3) is 0 Å². The summed E-state index contributed by atoms with van der Waals surface area (Å²) in [6.45, 7) is 1.46. The minimum absolute atomic E-state index is 0.0508. The summed E-state index contributed by atoms with van der Waals surface area (Å²) in [5.74, 6) is -0.113. The third-order valence-electron chi connectivity index (χ3n) is 1.80. The Labute approximate surface area is 91.4 Å². The van der Waals surface area contributed by atoms with Gasteiger partial charge in [0.25, 0.3) is 0 Å². The van der Waals surface area contributed by atoms with Crippen molar-refractivity contribution in [1.82, 2.24) is 15.7 Å². The van der Waals surface area contributed by atoms with Crippen molar-refractivity contribution in [2.24, 2.45) is 5.10 Å². The Morgan fingerprint density at radius 1 is 1.53 bits per heavy atom. The number of carbonyl (C=O) groups is 1. The van der Waals surface area contributed by atoms with Crippen LogP contribution in [0.4, 0.5) is 0 Å². The smallest absolute Gasteiger partial charge is 0.222 e. The molecule has 0 bridgehead atoms. The summed E-state index contributed by atoms with van der Waals surface area (Å²) in [5, 5.41) is 7.30. The van der Waals surface area contributed by atoms with Gasteiger partial charge < -0.3 is 5.32 Å². The fourth-order valence-corrected chi connectivity index (χ4v) is 2.10. The van der Waals surface area contributed by atoms with E-state index in [4.69, 9.17) is 0 Å². The number of rotatable bonds is 1. The van der Waals surface area contributed by atoms with Crippen molar-refractivity contribution in [3.8, 4) is 0 Å². The first-order valence-electron chi connectivity index (χ1n) is 4.43. The van der Waals surface area contributed by atoms with E-state index < -0.39 is 0 Å². The zero-order chi connectivity index (χ0) is 10.7. The molecular weight excluding hydrogens is 212 g/mol. The number of amidine groups is 1. The van der Waals surface area contributed by atoms with Crippen molar-refractivity contribution in [3.05, 3.63) is 30.1 Å². The molecule has 1 amide bonds. The average Bonchev–Trinajstić information content (AvgIpc) is 2.67. The molecule has 2 N–H and O–H groups in total. The lowest BCUT2D eigenvalue weighted by Gasteiger charge is -2.07. The molecule has 0 fully saturated rings. The first-order valence-corrected chi connectivity index (χ1v) is 5.31. The van der Waals surface area contributed by atoms with Gasteiger partial charge >= 0.3 is 0 Å². The van der Waals surface area contributed by atoms with E-state index in [1.54, 1.807) is 12.4 Å². The minimum atomic E-state index is -0.113. The summed E-state index contributed by atoms with van der Waals surface area (Å²) in [5.41, 5.74) is 4.02. The summed E-state index contributed by atoms with van der Waals surface area (Å²) >= 11 is 1.47. The number of hydrazone groups is 1. The van der Waals surface area contributed by atoms with Crippen LogP contribution in [0.1, 0.15) is 17.9 Å². The van der Waals surface area contributed by atoms with E-state index in [9.17, 15) is 4.79 Å². The van der Waals surface area contributed by atoms with Crippen LogP contribution >= 0.6 is 11.8 Å². The maximum absolute atomic E-state index is 10.8. The highest BCUT2D eigenvalue weighted by Crippen LogP contribution is 2.29. The predicted molar refractivity (Wildman–Crippen MR) is 59.0 cm³/mol. The van der Waals surface area contributed by atoms with Gasteiger partial charge in [0.05, 0.1) is 0 Å². The van der Waals surface area contributed by atoms with Crippen molar-refractivity contribution in [1.29, 1.82) is 0 Å². The average molecular weight is 222 g/mol. The van der Waals surface area contributed by atoms with Gasteiger partial charge in [0.15, 0.2) is 5.17 Å². The van der Waals surface area contributed by atoms with Crippen LogP contribution in [0.5, 0.6) is 0 Å². The van der Waals surface area contributed by atoms with Crippen molar-refractivity contribution in [2.45, 2.75) is 12.3 Å². The standard InChI is InChI=1S/C9H10N4OS/c1-6(14)11-9-13-12-8(15-9)7-2-4-10-5-3-7/h2-5,8,12H,1H3,(H,11,13,14). The summed E-state index contributed by atoms with van der Waals surface area (Å²) < 4.78 is 0. The van der Waals surface area contributed by atoms with E-state index in [2.05, 4.69) is 20.8 Å². The maximum Gasteiger partial charge on any atom is 0.222 e. The number of nitrogens with one attached hydrogen (secondary N) is 2. The van der Waals surface area contributed by atoms with E-state index in [1.165, 1.54) is 18.7 Å². The van der Waals surface area contributed by atoms with Crippen molar-refractivity contribution < 1.29 is 4.79 Å². The van der Waals surface area contributed by atoms with Crippen LogP contribution in [0.3, 0.4) is 0 Å². The molecule has 5 nitrogen and oxygen atoms in total. The van der Waals surface area contributed by atoms with E-state index >= 15 is 0 Å². The summed E-state index contributed by atoms with van der Waals surface area (Å²) in [6, 6.07) is 3.83. The quantitative estimate of drug-likeness (QED) is 0.738. The molecule has 78 valence electrons. The molecule has 2 heterocycles. The van der Waals surface area contributed by atoms with Gasteiger partial charge in [0, 0.05) is 19.3 Å². The highest BCUT2D eigenvalue weighted by atomic mass is 32.2. The van der Waals surface area contributed by atoms with Gasteiger partial charge in [-0.25, -0.2) is 0 Å². The number of nitrogens with zero attached hydrogens (tertiary/aromatic N) is 2. The molecule has 0 saturated heterocycles. The third-order valence-corrected chi connectivity index (χ3v) is 2.83. The fraction of sp³-hybridized carbons (Fsp3) is 0.222. The highest BCUT2D eigenvalue weighted by Gasteiger charge is 2.21. The Morgan fingerprint density at radius 2 is 2.27 bits per heavy atom. The monoisotopic (exact) mass is 222 g/mol. The van der Waals surface area contributed by atoms with Crippen LogP contribution < -0.4 is 10.7 Å². The van der Waals surface area contributed by atoms with E-state index in [0.717, 1.165) is 5.56 Å². The van der Waals surface area contributed by atoms with E-state index in [1.807, 2.05) is 12.1 Å². The Morgan fingerprint density at radius 3 is 2.93 bits per heavy atom. The molecule has 15 heavy (non-hydrogen) atoms. The molecule has 1 aliphatic heterocycles. The van der Waals surface area contributed by atoms with Crippen LogP contribution in [0, 0.1) is 0 Å². The minimum Gasteiger partial charge on any atom is -0.304 e. The van der Waals surface area contributed by atoms with Gasteiger partial charge in [0.2, 0.25) is 5.91 Å². The number of pyridine rings is 1. The summed E-state index contributed by atoms with van der Waals surface area (Å²) in [6.07, 6.45) is 3.46. The second-order valence-corrected chi connectivity index (χ2v) is 4.10. The number of hydrogen-bond donors (Lipinski definition) is 2. The molecule has 2 rings (SSSR count). The highest BCUT2D eigenvalue weighted by molar-refractivity contribution is 8.14. The van der Waals surface area contributed by atoms with Crippen molar-refractivity contribution in [3.63, 3.8) is 0 Å². The molecule has 0 radical (unpaired) electrons. The van der Waals surface area contributed by atoms with Crippen LogP contribution in [0.15, 0.2) is 29.6 Å².